The number of aryl methyl sites for hydroxylation is 1. The number of carbonyl (C=O) groups is 1. The van der Waals surface area contributed by atoms with Gasteiger partial charge in [-0.05, 0) is 50.1 Å². The minimum atomic E-state index is -0.103. The van der Waals surface area contributed by atoms with E-state index in [1.807, 2.05) is 19.1 Å². The topological polar surface area (TPSA) is 58.4 Å². The van der Waals surface area contributed by atoms with Crippen LogP contribution in [0, 0.1) is 6.92 Å². The molecule has 21 heavy (non-hydrogen) atoms. The molecule has 4 nitrogen and oxygen atoms in total. The van der Waals surface area contributed by atoms with Crippen LogP contribution >= 0.6 is 11.3 Å². The summed E-state index contributed by atoms with van der Waals surface area (Å²) in [4.78, 5) is 16.1. The maximum atomic E-state index is 12.2. The summed E-state index contributed by atoms with van der Waals surface area (Å²) in [5, 5.41) is 2.91. The van der Waals surface area contributed by atoms with E-state index in [4.69, 9.17) is 5.73 Å². The van der Waals surface area contributed by atoms with Crippen LogP contribution in [0.2, 0.25) is 0 Å². The quantitative estimate of drug-likeness (QED) is 0.912. The Kier molecular flexibility index (Phi) is 3.84. The Morgan fingerprint density at radius 2 is 1.90 bits per heavy atom. The number of thiophene rings is 1. The van der Waals surface area contributed by atoms with Crippen molar-refractivity contribution in [2.45, 2.75) is 19.8 Å². The molecule has 1 aromatic heterocycles. The number of amides is 1. The van der Waals surface area contributed by atoms with Crippen LogP contribution in [-0.4, -0.2) is 19.0 Å². The summed E-state index contributed by atoms with van der Waals surface area (Å²) >= 11 is 1.42. The number of benzene rings is 1. The van der Waals surface area contributed by atoms with Crippen LogP contribution in [0.4, 0.5) is 17.1 Å². The fourth-order valence-corrected chi connectivity index (χ4v) is 3.37. The van der Waals surface area contributed by atoms with E-state index in [1.165, 1.54) is 29.9 Å². The second kappa shape index (κ2) is 5.77. The summed E-state index contributed by atoms with van der Waals surface area (Å²) < 4.78 is 0. The van der Waals surface area contributed by atoms with E-state index in [0.29, 0.717) is 10.6 Å². The average Bonchev–Trinajstić information content (AvgIpc) is 3.11. The van der Waals surface area contributed by atoms with E-state index in [1.54, 1.807) is 6.07 Å². The van der Waals surface area contributed by atoms with Crippen molar-refractivity contribution in [1.82, 2.24) is 0 Å². The highest BCUT2D eigenvalue weighted by Gasteiger charge is 2.13. The maximum absolute atomic E-state index is 12.2. The molecule has 5 heteroatoms. The molecule has 0 spiro atoms. The lowest BCUT2D eigenvalue weighted by atomic mass is 10.2. The van der Waals surface area contributed by atoms with E-state index in [2.05, 4.69) is 22.3 Å². The van der Waals surface area contributed by atoms with Crippen molar-refractivity contribution in [3.63, 3.8) is 0 Å². The second-order valence-corrected chi connectivity index (χ2v) is 6.57. The second-order valence-electron chi connectivity index (χ2n) is 5.32. The SMILES string of the molecule is Cc1sc(C(=O)Nc2ccc(N3CCCC3)cc2)cc1N. The fourth-order valence-electron chi connectivity index (χ4n) is 2.53. The largest absolute Gasteiger partial charge is 0.398 e. The molecule has 0 radical (unpaired) electrons. The summed E-state index contributed by atoms with van der Waals surface area (Å²) in [6, 6.07) is 9.77. The number of carbonyl (C=O) groups excluding carboxylic acids is 1. The highest BCUT2D eigenvalue weighted by Crippen LogP contribution is 2.25. The third kappa shape index (κ3) is 3.03. The zero-order valence-corrected chi connectivity index (χ0v) is 12.9. The lowest BCUT2D eigenvalue weighted by molar-refractivity contribution is 0.103. The first kappa shape index (κ1) is 13.9. The Bertz CT molecular complexity index is 623. The van der Waals surface area contributed by atoms with Gasteiger partial charge in [0, 0.05) is 35.0 Å². The molecule has 1 aliphatic heterocycles. The van der Waals surface area contributed by atoms with Gasteiger partial charge in [-0.15, -0.1) is 11.3 Å². The van der Waals surface area contributed by atoms with Crippen LogP contribution in [0.15, 0.2) is 30.3 Å². The van der Waals surface area contributed by atoms with Gasteiger partial charge in [-0.1, -0.05) is 0 Å². The minimum Gasteiger partial charge on any atom is -0.398 e. The molecule has 1 saturated heterocycles. The van der Waals surface area contributed by atoms with E-state index >= 15 is 0 Å². The Labute approximate surface area is 128 Å². The lowest BCUT2D eigenvalue weighted by Gasteiger charge is -2.17. The highest BCUT2D eigenvalue weighted by atomic mass is 32.1. The molecule has 110 valence electrons. The van der Waals surface area contributed by atoms with Gasteiger partial charge in [-0.3, -0.25) is 4.79 Å². The number of hydrogen-bond acceptors (Lipinski definition) is 4. The van der Waals surface area contributed by atoms with Gasteiger partial charge < -0.3 is 16.0 Å². The third-order valence-electron chi connectivity index (χ3n) is 3.78. The predicted molar refractivity (Wildman–Crippen MR) is 89.3 cm³/mol. The van der Waals surface area contributed by atoms with Gasteiger partial charge >= 0.3 is 0 Å². The van der Waals surface area contributed by atoms with E-state index in [0.717, 1.165) is 23.7 Å². The fraction of sp³-hybridized carbons (Fsp3) is 0.312. The summed E-state index contributed by atoms with van der Waals surface area (Å²) in [6.45, 7) is 4.17. The first-order chi connectivity index (χ1) is 10.1. The summed E-state index contributed by atoms with van der Waals surface area (Å²) in [5.74, 6) is -0.103. The molecule has 0 unspecified atom stereocenters. The van der Waals surface area contributed by atoms with Crippen LogP contribution in [0.1, 0.15) is 27.4 Å². The summed E-state index contributed by atoms with van der Waals surface area (Å²) in [6.07, 6.45) is 2.52. The monoisotopic (exact) mass is 301 g/mol. The maximum Gasteiger partial charge on any atom is 0.265 e. The van der Waals surface area contributed by atoms with Crippen molar-refractivity contribution >= 4 is 34.3 Å². The number of nitrogens with zero attached hydrogens (tertiary/aromatic N) is 1. The van der Waals surface area contributed by atoms with Crippen LogP contribution < -0.4 is 16.0 Å². The zero-order valence-electron chi connectivity index (χ0n) is 12.1. The summed E-state index contributed by atoms with van der Waals surface area (Å²) in [7, 11) is 0. The van der Waals surface area contributed by atoms with Crippen LogP contribution in [-0.2, 0) is 0 Å². The molecule has 3 N–H and O–H groups in total. The van der Waals surface area contributed by atoms with E-state index in [-0.39, 0.29) is 5.91 Å². The van der Waals surface area contributed by atoms with Crippen LogP contribution in [0.25, 0.3) is 0 Å². The zero-order chi connectivity index (χ0) is 14.8. The number of anilines is 3. The van der Waals surface area contributed by atoms with Crippen molar-refractivity contribution in [2.24, 2.45) is 0 Å². The lowest BCUT2D eigenvalue weighted by Crippen LogP contribution is -2.17. The van der Waals surface area contributed by atoms with Crippen molar-refractivity contribution in [1.29, 1.82) is 0 Å². The molecule has 1 amide bonds. The van der Waals surface area contributed by atoms with E-state index in [9.17, 15) is 4.79 Å². The van der Waals surface area contributed by atoms with Gasteiger partial charge in [-0.2, -0.15) is 0 Å². The Balaban J connectivity index is 1.68. The van der Waals surface area contributed by atoms with Gasteiger partial charge in [0.2, 0.25) is 0 Å². The molecule has 2 heterocycles. The number of nitrogens with one attached hydrogen (secondary N) is 1. The number of nitrogens with two attached hydrogens (primary N) is 1. The predicted octanol–water partition coefficient (Wildman–Crippen LogP) is 3.49. The molecule has 0 bridgehead atoms. The highest BCUT2D eigenvalue weighted by molar-refractivity contribution is 7.14. The smallest absolute Gasteiger partial charge is 0.265 e. The van der Waals surface area contributed by atoms with Gasteiger partial charge in [0.05, 0.1) is 4.88 Å². The van der Waals surface area contributed by atoms with Crippen molar-refractivity contribution in [3.8, 4) is 0 Å². The molecule has 0 aliphatic carbocycles. The number of hydrogen-bond donors (Lipinski definition) is 2. The molecule has 0 atom stereocenters. The summed E-state index contributed by atoms with van der Waals surface area (Å²) in [5.41, 5.74) is 8.50. The van der Waals surface area contributed by atoms with Gasteiger partial charge in [0.1, 0.15) is 0 Å². The van der Waals surface area contributed by atoms with Crippen molar-refractivity contribution < 1.29 is 4.79 Å². The third-order valence-corrected chi connectivity index (χ3v) is 4.84. The van der Waals surface area contributed by atoms with Crippen LogP contribution in [0.5, 0.6) is 0 Å². The molecule has 3 rings (SSSR count). The number of nitrogen functional groups attached to an aromatic ring is 1. The molecule has 1 fully saturated rings. The van der Waals surface area contributed by atoms with Crippen LogP contribution in [0.3, 0.4) is 0 Å². The van der Waals surface area contributed by atoms with Gasteiger partial charge in [-0.25, -0.2) is 0 Å². The molecule has 1 aromatic carbocycles. The van der Waals surface area contributed by atoms with Crippen molar-refractivity contribution in [2.75, 3.05) is 29.0 Å². The first-order valence-corrected chi connectivity index (χ1v) is 7.97. The molecule has 2 aromatic rings. The standard InChI is InChI=1S/C16H19N3OS/c1-11-14(17)10-15(21-11)16(20)18-12-4-6-13(7-5-12)19-8-2-3-9-19/h4-7,10H,2-3,8-9,17H2,1H3,(H,18,20). The van der Waals surface area contributed by atoms with Crippen molar-refractivity contribution in [3.05, 3.63) is 40.1 Å². The Morgan fingerprint density at radius 3 is 2.48 bits per heavy atom. The molecular formula is C16H19N3OS. The minimum absolute atomic E-state index is 0.103. The average molecular weight is 301 g/mol. The molecule has 1 aliphatic rings. The molecule has 0 saturated carbocycles. The van der Waals surface area contributed by atoms with Gasteiger partial charge in [0.25, 0.3) is 5.91 Å². The molecular weight excluding hydrogens is 282 g/mol. The van der Waals surface area contributed by atoms with Gasteiger partial charge in [0.15, 0.2) is 0 Å². The Morgan fingerprint density at radius 1 is 1.24 bits per heavy atom. The normalized spacial score (nSPS) is 14.4. The first-order valence-electron chi connectivity index (χ1n) is 7.16. The van der Waals surface area contributed by atoms with E-state index < -0.39 is 0 Å². The number of rotatable bonds is 3. The Hall–Kier alpha value is -2.01.